The largest absolute Gasteiger partial charge is 0.375 e. The predicted molar refractivity (Wildman–Crippen MR) is 101 cm³/mol. The van der Waals surface area contributed by atoms with Gasteiger partial charge in [0.25, 0.3) is 0 Å². The van der Waals surface area contributed by atoms with E-state index in [1.807, 2.05) is 31.2 Å². The van der Waals surface area contributed by atoms with Crippen LogP contribution in [0.15, 0.2) is 24.3 Å². The van der Waals surface area contributed by atoms with Crippen molar-refractivity contribution in [3.8, 4) is 0 Å². The maximum atomic E-state index is 12.8. The summed E-state index contributed by atoms with van der Waals surface area (Å²) >= 11 is 0. The SMILES string of the molecule is CO[C@@H](CNS(=O)(=O)C[C@@]12CC[C@@H](CC1=O)C2(C)C)c1ccccc1C. The Kier molecular flexibility index (Phi) is 5.05. The third-order valence-electron chi connectivity index (χ3n) is 6.88. The van der Waals surface area contributed by atoms with Gasteiger partial charge in [-0.1, -0.05) is 38.1 Å². The van der Waals surface area contributed by atoms with E-state index in [2.05, 4.69) is 18.6 Å². The molecule has 1 aromatic carbocycles. The van der Waals surface area contributed by atoms with Crippen molar-refractivity contribution in [2.75, 3.05) is 19.4 Å². The molecule has 0 heterocycles. The molecule has 2 aliphatic carbocycles. The van der Waals surface area contributed by atoms with Crippen LogP contribution < -0.4 is 4.72 Å². The quantitative estimate of drug-likeness (QED) is 0.790. The fourth-order valence-corrected chi connectivity index (χ4v) is 6.79. The highest BCUT2D eigenvalue weighted by Crippen LogP contribution is 2.64. The van der Waals surface area contributed by atoms with Gasteiger partial charge in [0, 0.05) is 25.5 Å². The average molecular weight is 380 g/mol. The second-order valence-electron chi connectivity index (χ2n) is 8.36. The Bertz CT molecular complexity index is 802. The Morgan fingerprint density at radius 1 is 1.31 bits per heavy atom. The molecule has 3 atom stereocenters. The lowest BCUT2D eigenvalue weighted by Gasteiger charge is -2.36. The highest BCUT2D eigenvalue weighted by Gasteiger charge is 2.65. The van der Waals surface area contributed by atoms with E-state index in [-0.39, 0.29) is 29.6 Å². The minimum Gasteiger partial charge on any atom is -0.375 e. The monoisotopic (exact) mass is 379 g/mol. The van der Waals surface area contributed by atoms with Crippen LogP contribution in [-0.4, -0.2) is 33.6 Å². The number of rotatable bonds is 7. The predicted octanol–water partition coefficient (Wildman–Crippen LogP) is 3.00. The number of fused-ring (bicyclic) bond motifs is 2. The van der Waals surface area contributed by atoms with E-state index in [0.29, 0.717) is 18.8 Å². The van der Waals surface area contributed by atoms with Crippen LogP contribution in [0.1, 0.15) is 50.3 Å². The van der Waals surface area contributed by atoms with Gasteiger partial charge in [0.15, 0.2) is 0 Å². The number of Topliss-reactive ketones (excluding diaryl/α,β-unsaturated/α-hetero) is 1. The fraction of sp³-hybridized carbons (Fsp3) is 0.650. The topological polar surface area (TPSA) is 72.5 Å². The van der Waals surface area contributed by atoms with Crippen LogP contribution in [0.3, 0.4) is 0 Å². The van der Waals surface area contributed by atoms with Gasteiger partial charge in [-0.3, -0.25) is 4.79 Å². The first-order valence-electron chi connectivity index (χ1n) is 9.22. The molecule has 0 radical (unpaired) electrons. The molecule has 2 bridgehead atoms. The van der Waals surface area contributed by atoms with Gasteiger partial charge in [-0.15, -0.1) is 0 Å². The first kappa shape index (κ1) is 19.5. The number of sulfonamides is 1. The summed E-state index contributed by atoms with van der Waals surface area (Å²) < 4.78 is 33.8. The number of methoxy groups -OCH3 is 1. The first-order chi connectivity index (χ1) is 12.1. The molecular weight excluding hydrogens is 350 g/mol. The van der Waals surface area contributed by atoms with Crippen molar-refractivity contribution in [3.63, 3.8) is 0 Å². The third kappa shape index (κ3) is 3.12. The van der Waals surface area contributed by atoms with Gasteiger partial charge in [0.1, 0.15) is 5.78 Å². The van der Waals surface area contributed by atoms with Crippen molar-refractivity contribution < 1.29 is 17.9 Å². The summed E-state index contributed by atoms with van der Waals surface area (Å²) in [4.78, 5) is 12.6. The van der Waals surface area contributed by atoms with E-state index in [9.17, 15) is 13.2 Å². The summed E-state index contributed by atoms with van der Waals surface area (Å²) in [5.74, 6) is 0.308. The highest BCUT2D eigenvalue weighted by atomic mass is 32.2. The number of hydrogen-bond donors (Lipinski definition) is 1. The number of aryl methyl sites for hydroxylation is 1. The molecule has 0 unspecified atom stereocenters. The van der Waals surface area contributed by atoms with Crippen LogP contribution in [0, 0.1) is 23.7 Å². The van der Waals surface area contributed by atoms with Crippen molar-refractivity contribution in [2.24, 2.45) is 16.7 Å². The Morgan fingerprint density at radius 3 is 2.54 bits per heavy atom. The summed E-state index contributed by atoms with van der Waals surface area (Å²) in [6.45, 7) is 6.25. The van der Waals surface area contributed by atoms with E-state index >= 15 is 0 Å². The summed E-state index contributed by atoms with van der Waals surface area (Å²) in [5.41, 5.74) is 1.03. The van der Waals surface area contributed by atoms with Crippen LogP contribution in [0.25, 0.3) is 0 Å². The number of hydrogen-bond acceptors (Lipinski definition) is 4. The van der Waals surface area contributed by atoms with Gasteiger partial charge in [0.05, 0.1) is 11.9 Å². The summed E-state index contributed by atoms with van der Waals surface area (Å²) in [7, 11) is -2.01. The standard InChI is InChI=1S/C20H29NO4S/c1-14-7-5-6-8-16(14)17(25-4)12-21-26(23,24)13-20-10-9-15(11-18(20)22)19(20,2)3/h5-8,15,17,21H,9-13H2,1-4H3/t15-,17-,20-/m0/s1. The molecule has 5 nitrogen and oxygen atoms in total. The molecule has 2 fully saturated rings. The molecule has 3 rings (SSSR count). The number of carbonyl (C=O) groups excluding carboxylic acids is 1. The Hall–Kier alpha value is -1.24. The molecule has 0 amide bonds. The van der Waals surface area contributed by atoms with Crippen LogP contribution in [0.2, 0.25) is 0 Å². The van der Waals surface area contributed by atoms with Crippen molar-refractivity contribution in [1.82, 2.24) is 4.72 Å². The number of nitrogens with one attached hydrogen (secondary N) is 1. The van der Waals surface area contributed by atoms with Gasteiger partial charge >= 0.3 is 0 Å². The molecule has 144 valence electrons. The van der Waals surface area contributed by atoms with Crippen LogP contribution in [0.5, 0.6) is 0 Å². The lowest BCUT2D eigenvalue weighted by atomic mass is 9.70. The van der Waals surface area contributed by atoms with Crippen LogP contribution in [-0.2, 0) is 19.6 Å². The molecule has 2 aliphatic rings. The van der Waals surface area contributed by atoms with E-state index in [1.165, 1.54) is 0 Å². The second kappa shape index (κ2) is 6.73. The zero-order chi connectivity index (χ0) is 19.2. The van der Waals surface area contributed by atoms with Gasteiger partial charge in [-0.25, -0.2) is 13.1 Å². The smallest absolute Gasteiger partial charge is 0.212 e. The molecule has 2 saturated carbocycles. The average Bonchev–Trinajstić information content (AvgIpc) is 2.90. The molecule has 6 heteroatoms. The Balaban J connectivity index is 1.74. The zero-order valence-corrected chi connectivity index (χ0v) is 16.9. The number of carbonyl (C=O) groups is 1. The second-order valence-corrected chi connectivity index (χ2v) is 10.2. The van der Waals surface area contributed by atoms with Gasteiger partial charge in [-0.05, 0) is 42.2 Å². The molecule has 0 saturated heterocycles. The third-order valence-corrected chi connectivity index (χ3v) is 8.36. The lowest BCUT2D eigenvalue weighted by molar-refractivity contribution is -0.128. The highest BCUT2D eigenvalue weighted by molar-refractivity contribution is 7.89. The lowest BCUT2D eigenvalue weighted by Crippen LogP contribution is -2.46. The maximum absolute atomic E-state index is 12.8. The van der Waals surface area contributed by atoms with Crippen LogP contribution in [0.4, 0.5) is 0 Å². The maximum Gasteiger partial charge on any atom is 0.212 e. The molecule has 0 aromatic heterocycles. The number of benzene rings is 1. The number of ketones is 1. The van der Waals surface area contributed by atoms with Gasteiger partial charge < -0.3 is 4.74 Å². The van der Waals surface area contributed by atoms with Crippen molar-refractivity contribution in [3.05, 3.63) is 35.4 Å². The molecule has 0 spiro atoms. The summed E-state index contributed by atoms with van der Waals surface area (Å²) in [6, 6.07) is 7.79. The van der Waals surface area contributed by atoms with Gasteiger partial charge in [0.2, 0.25) is 10.0 Å². The Labute approximate surface area is 156 Å². The van der Waals surface area contributed by atoms with Crippen molar-refractivity contribution >= 4 is 15.8 Å². The molecule has 1 N–H and O–H groups in total. The van der Waals surface area contributed by atoms with E-state index in [0.717, 1.165) is 17.5 Å². The fourth-order valence-electron chi connectivity index (χ4n) is 4.95. The molecule has 26 heavy (non-hydrogen) atoms. The minimum absolute atomic E-state index is 0.117. The van der Waals surface area contributed by atoms with Crippen molar-refractivity contribution in [2.45, 2.75) is 46.1 Å². The van der Waals surface area contributed by atoms with E-state index < -0.39 is 15.4 Å². The molecule has 0 aliphatic heterocycles. The van der Waals surface area contributed by atoms with E-state index in [4.69, 9.17) is 4.74 Å². The molecule has 1 aromatic rings. The number of ether oxygens (including phenoxy) is 1. The molecular formula is C20H29NO4S. The first-order valence-corrected chi connectivity index (χ1v) is 10.9. The van der Waals surface area contributed by atoms with E-state index in [1.54, 1.807) is 7.11 Å². The van der Waals surface area contributed by atoms with Crippen molar-refractivity contribution in [1.29, 1.82) is 0 Å². The summed E-state index contributed by atoms with van der Waals surface area (Å²) in [5, 5.41) is 0. The Morgan fingerprint density at radius 2 is 2.00 bits per heavy atom. The zero-order valence-electron chi connectivity index (χ0n) is 16.0. The van der Waals surface area contributed by atoms with Crippen LogP contribution >= 0.6 is 0 Å². The van der Waals surface area contributed by atoms with Gasteiger partial charge in [-0.2, -0.15) is 0 Å². The summed E-state index contributed by atoms with van der Waals surface area (Å²) in [6.07, 6.45) is 1.78. The minimum atomic E-state index is -3.59. The normalized spacial score (nSPS) is 28.5.